The molecule has 1 aliphatic heterocycles. The van der Waals surface area contributed by atoms with Crippen molar-refractivity contribution in [2.24, 2.45) is 5.41 Å². The van der Waals surface area contributed by atoms with Crippen LogP contribution in [0.15, 0.2) is 43.0 Å². The number of allylic oxidation sites excluding steroid dienone is 1. The van der Waals surface area contributed by atoms with Crippen LogP contribution < -0.4 is 0 Å². The maximum Gasteiger partial charge on any atom is 0.321 e. The maximum absolute atomic E-state index is 12.9. The molecule has 4 heteroatoms. The first-order chi connectivity index (χ1) is 10.6. The summed E-state index contributed by atoms with van der Waals surface area (Å²) in [5.74, 6) is -0.557. The number of piperidine rings is 1. The van der Waals surface area contributed by atoms with Crippen molar-refractivity contribution < 1.29 is 14.3 Å². The molecule has 0 bridgehead atoms. The van der Waals surface area contributed by atoms with E-state index in [1.807, 2.05) is 30.3 Å². The summed E-state index contributed by atoms with van der Waals surface area (Å²) in [6.45, 7) is 6.95. The zero-order valence-corrected chi connectivity index (χ0v) is 13.1. The maximum atomic E-state index is 12.9. The fourth-order valence-electron chi connectivity index (χ4n) is 3.02. The molecule has 22 heavy (non-hydrogen) atoms. The van der Waals surface area contributed by atoms with Crippen LogP contribution in [-0.2, 0) is 20.9 Å². The molecule has 0 aromatic heterocycles. The van der Waals surface area contributed by atoms with Crippen LogP contribution in [0, 0.1) is 5.41 Å². The summed E-state index contributed by atoms with van der Waals surface area (Å²) in [4.78, 5) is 27.1. The highest BCUT2D eigenvalue weighted by Crippen LogP contribution is 2.37. The summed E-state index contributed by atoms with van der Waals surface area (Å²) in [6, 6.07) is 9.82. The first kappa shape index (κ1) is 16.3. The SMILES string of the molecule is C=CCC1(C(=O)OCC)CCCN(Cc2ccccc2)C1=O. The molecular formula is C18H23NO3. The van der Waals surface area contributed by atoms with E-state index in [1.54, 1.807) is 17.9 Å². The Bertz CT molecular complexity index is 541. The van der Waals surface area contributed by atoms with Gasteiger partial charge in [-0.3, -0.25) is 9.59 Å². The second-order valence-electron chi connectivity index (χ2n) is 5.61. The zero-order valence-electron chi connectivity index (χ0n) is 13.1. The number of amides is 1. The number of esters is 1. The first-order valence-corrected chi connectivity index (χ1v) is 7.75. The normalized spacial score (nSPS) is 21.5. The van der Waals surface area contributed by atoms with Gasteiger partial charge in [0.1, 0.15) is 5.41 Å². The van der Waals surface area contributed by atoms with Gasteiger partial charge in [-0.2, -0.15) is 0 Å². The van der Waals surface area contributed by atoms with E-state index in [2.05, 4.69) is 6.58 Å². The number of hydrogen-bond acceptors (Lipinski definition) is 3. The van der Waals surface area contributed by atoms with Gasteiger partial charge in [0, 0.05) is 13.1 Å². The third-order valence-corrected chi connectivity index (χ3v) is 4.10. The molecule has 0 saturated carbocycles. The molecule has 0 spiro atoms. The Labute approximate surface area is 131 Å². The van der Waals surface area contributed by atoms with Gasteiger partial charge < -0.3 is 9.64 Å². The molecule has 0 radical (unpaired) electrons. The minimum Gasteiger partial charge on any atom is -0.465 e. The Balaban J connectivity index is 2.22. The van der Waals surface area contributed by atoms with Gasteiger partial charge in [0.15, 0.2) is 0 Å². The summed E-state index contributed by atoms with van der Waals surface area (Å²) >= 11 is 0. The minimum absolute atomic E-state index is 0.138. The summed E-state index contributed by atoms with van der Waals surface area (Å²) in [7, 11) is 0. The van der Waals surface area contributed by atoms with Crippen LogP contribution >= 0.6 is 0 Å². The van der Waals surface area contributed by atoms with Crippen LogP contribution in [0.4, 0.5) is 0 Å². The fraction of sp³-hybridized carbons (Fsp3) is 0.444. The van der Waals surface area contributed by atoms with Gasteiger partial charge in [-0.15, -0.1) is 6.58 Å². The van der Waals surface area contributed by atoms with Crippen molar-refractivity contribution in [1.29, 1.82) is 0 Å². The fourth-order valence-corrected chi connectivity index (χ4v) is 3.02. The topological polar surface area (TPSA) is 46.6 Å². The summed E-state index contributed by atoms with van der Waals surface area (Å²) in [5.41, 5.74) is -0.0285. The molecular weight excluding hydrogens is 278 g/mol. The van der Waals surface area contributed by atoms with Crippen molar-refractivity contribution in [1.82, 2.24) is 4.90 Å². The second kappa shape index (κ2) is 7.25. The highest BCUT2D eigenvalue weighted by Gasteiger charge is 2.50. The lowest BCUT2D eigenvalue weighted by Gasteiger charge is -2.39. The van der Waals surface area contributed by atoms with Gasteiger partial charge in [0.2, 0.25) is 5.91 Å². The molecule has 2 rings (SSSR count). The Kier molecular flexibility index (Phi) is 5.36. The number of rotatable bonds is 6. The highest BCUT2D eigenvalue weighted by atomic mass is 16.5. The van der Waals surface area contributed by atoms with Crippen molar-refractivity contribution in [2.75, 3.05) is 13.2 Å². The molecule has 1 aromatic rings. The quantitative estimate of drug-likeness (QED) is 0.461. The Morgan fingerprint density at radius 2 is 2.14 bits per heavy atom. The molecule has 0 aliphatic carbocycles. The standard InChI is InChI=1S/C18H23NO3/c1-3-11-18(17(21)22-4-2)12-8-13-19(16(18)20)14-15-9-6-5-7-10-15/h3,5-7,9-10H,1,4,8,11-14H2,2H3. The Morgan fingerprint density at radius 3 is 2.77 bits per heavy atom. The number of ether oxygens (including phenoxy) is 1. The van der Waals surface area contributed by atoms with E-state index in [4.69, 9.17) is 4.74 Å². The van der Waals surface area contributed by atoms with Crippen molar-refractivity contribution in [3.8, 4) is 0 Å². The monoisotopic (exact) mass is 301 g/mol. The molecule has 1 saturated heterocycles. The molecule has 4 nitrogen and oxygen atoms in total. The van der Waals surface area contributed by atoms with Crippen LogP contribution in [0.2, 0.25) is 0 Å². The van der Waals surface area contributed by atoms with Crippen molar-refractivity contribution in [3.63, 3.8) is 0 Å². The van der Waals surface area contributed by atoms with E-state index < -0.39 is 11.4 Å². The van der Waals surface area contributed by atoms with E-state index in [9.17, 15) is 9.59 Å². The lowest BCUT2D eigenvalue weighted by Crippen LogP contribution is -2.52. The number of hydrogen-bond donors (Lipinski definition) is 0. The molecule has 1 unspecified atom stereocenters. The minimum atomic E-state index is -1.09. The van der Waals surface area contributed by atoms with Gasteiger partial charge in [-0.05, 0) is 31.7 Å². The molecule has 1 amide bonds. The number of nitrogens with zero attached hydrogens (tertiary/aromatic N) is 1. The average molecular weight is 301 g/mol. The van der Waals surface area contributed by atoms with E-state index >= 15 is 0 Å². The van der Waals surface area contributed by atoms with Gasteiger partial charge >= 0.3 is 5.97 Å². The second-order valence-corrected chi connectivity index (χ2v) is 5.61. The van der Waals surface area contributed by atoms with Crippen LogP contribution in [-0.4, -0.2) is 29.9 Å². The third kappa shape index (κ3) is 3.21. The Morgan fingerprint density at radius 1 is 1.41 bits per heavy atom. The van der Waals surface area contributed by atoms with Crippen molar-refractivity contribution >= 4 is 11.9 Å². The van der Waals surface area contributed by atoms with Crippen molar-refractivity contribution in [3.05, 3.63) is 48.6 Å². The number of likely N-dealkylation sites (tertiary alicyclic amines) is 1. The smallest absolute Gasteiger partial charge is 0.321 e. The van der Waals surface area contributed by atoms with Gasteiger partial charge in [0.05, 0.1) is 6.61 Å². The zero-order chi connectivity index (χ0) is 16.0. The first-order valence-electron chi connectivity index (χ1n) is 7.75. The highest BCUT2D eigenvalue weighted by molar-refractivity contribution is 6.03. The summed E-state index contributed by atoms with van der Waals surface area (Å²) in [5, 5.41) is 0. The van der Waals surface area contributed by atoms with E-state index in [0.717, 1.165) is 12.0 Å². The van der Waals surface area contributed by atoms with E-state index in [-0.39, 0.29) is 12.5 Å². The van der Waals surface area contributed by atoms with E-state index in [1.165, 1.54) is 0 Å². The summed E-state index contributed by atoms with van der Waals surface area (Å²) in [6.07, 6.45) is 3.30. The molecule has 0 N–H and O–H groups in total. The van der Waals surface area contributed by atoms with Gasteiger partial charge in [0.25, 0.3) is 0 Å². The molecule has 1 aromatic carbocycles. The number of benzene rings is 1. The third-order valence-electron chi connectivity index (χ3n) is 4.10. The average Bonchev–Trinajstić information content (AvgIpc) is 2.53. The van der Waals surface area contributed by atoms with Crippen molar-refractivity contribution in [2.45, 2.75) is 32.7 Å². The largest absolute Gasteiger partial charge is 0.465 e. The summed E-state index contributed by atoms with van der Waals surface area (Å²) < 4.78 is 5.17. The number of carbonyl (C=O) groups is 2. The van der Waals surface area contributed by atoms with Crippen LogP contribution in [0.3, 0.4) is 0 Å². The predicted octanol–water partition coefficient (Wildman–Crippen LogP) is 2.93. The van der Waals surface area contributed by atoms with Crippen LogP contribution in [0.1, 0.15) is 31.7 Å². The predicted molar refractivity (Wildman–Crippen MR) is 85.0 cm³/mol. The lowest BCUT2D eigenvalue weighted by molar-refractivity contribution is -0.169. The van der Waals surface area contributed by atoms with Crippen LogP contribution in [0.5, 0.6) is 0 Å². The van der Waals surface area contributed by atoms with Gasteiger partial charge in [-0.1, -0.05) is 36.4 Å². The van der Waals surface area contributed by atoms with Gasteiger partial charge in [-0.25, -0.2) is 0 Å². The Hall–Kier alpha value is -2.10. The molecule has 1 atom stereocenters. The number of carbonyl (C=O) groups excluding carboxylic acids is 2. The molecule has 118 valence electrons. The lowest BCUT2D eigenvalue weighted by atomic mass is 9.76. The van der Waals surface area contributed by atoms with E-state index in [0.29, 0.717) is 25.9 Å². The molecule has 1 aliphatic rings. The molecule has 1 heterocycles. The van der Waals surface area contributed by atoms with Crippen LogP contribution in [0.25, 0.3) is 0 Å². The molecule has 1 fully saturated rings.